The Morgan fingerprint density at radius 2 is 1.87 bits per heavy atom. The molecule has 7 atom stereocenters. The number of hydrogen-bond acceptors (Lipinski definition) is 3. The second-order valence-electron chi connectivity index (χ2n) is 10.7. The SMILES string of the molecule is C=C1/C(=C\C=C2CCC[C@]3(C)[C@@H]([C@H](C)/C=C/[C@H](O)C4CC4)CC[C@@H]23)C[C@@H](O)C[C@@H]1O. The molecule has 0 spiro atoms. The number of aliphatic hydroxyl groups excluding tert-OH is 3. The smallest absolute Gasteiger partial charge is 0.0811 e. The molecule has 30 heavy (non-hydrogen) atoms. The minimum Gasteiger partial charge on any atom is -0.393 e. The van der Waals surface area contributed by atoms with Crippen molar-refractivity contribution < 1.29 is 15.3 Å². The van der Waals surface area contributed by atoms with Gasteiger partial charge in [0.25, 0.3) is 0 Å². The van der Waals surface area contributed by atoms with Gasteiger partial charge in [0, 0.05) is 6.42 Å². The first-order valence-corrected chi connectivity index (χ1v) is 12.1. The zero-order chi connectivity index (χ0) is 21.5. The van der Waals surface area contributed by atoms with Crippen molar-refractivity contribution in [3.63, 3.8) is 0 Å². The van der Waals surface area contributed by atoms with E-state index in [9.17, 15) is 15.3 Å². The van der Waals surface area contributed by atoms with E-state index in [2.05, 4.69) is 44.7 Å². The molecule has 0 aliphatic heterocycles. The van der Waals surface area contributed by atoms with Gasteiger partial charge in [0.05, 0.1) is 18.3 Å². The van der Waals surface area contributed by atoms with Gasteiger partial charge in [-0.2, -0.15) is 0 Å². The molecule has 3 N–H and O–H groups in total. The Bertz CT molecular complexity index is 743. The minimum atomic E-state index is -0.621. The maximum absolute atomic E-state index is 10.2. The highest BCUT2D eigenvalue weighted by atomic mass is 16.3. The molecule has 0 aromatic carbocycles. The largest absolute Gasteiger partial charge is 0.393 e. The quantitative estimate of drug-likeness (QED) is 0.551. The third kappa shape index (κ3) is 4.40. The van der Waals surface area contributed by atoms with Gasteiger partial charge in [0.1, 0.15) is 0 Å². The summed E-state index contributed by atoms with van der Waals surface area (Å²) in [5.41, 5.74) is 3.63. The fraction of sp³-hybridized carbons (Fsp3) is 0.704. The van der Waals surface area contributed by atoms with E-state index in [4.69, 9.17) is 0 Å². The lowest BCUT2D eigenvalue weighted by Crippen LogP contribution is -2.35. The molecule has 4 fully saturated rings. The molecular formula is C27H40O3. The summed E-state index contributed by atoms with van der Waals surface area (Å²) in [6.07, 6.45) is 16.9. The molecule has 0 saturated heterocycles. The third-order valence-electron chi connectivity index (χ3n) is 8.65. The summed E-state index contributed by atoms with van der Waals surface area (Å²) in [5.74, 6) is 2.28. The molecule has 0 bridgehead atoms. The van der Waals surface area contributed by atoms with E-state index >= 15 is 0 Å². The fourth-order valence-electron chi connectivity index (χ4n) is 6.63. The third-order valence-corrected chi connectivity index (χ3v) is 8.65. The highest BCUT2D eigenvalue weighted by molar-refractivity contribution is 5.38. The van der Waals surface area contributed by atoms with E-state index < -0.39 is 12.2 Å². The van der Waals surface area contributed by atoms with Crippen LogP contribution in [0.4, 0.5) is 0 Å². The first kappa shape index (κ1) is 22.0. The number of aliphatic hydroxyl groups is 3. The normalized spacial score (nSPS) is 42.1. The monoisotopic (exact) mass is 412 g/mol. The first-order chi connectivity index (χ1) is 14.3. The standard InChI is InChI=1S/C27H40O3/c1-17(6-13-25(29)20-8-9-20)23-11-12-24-19(5-4-14-27(23,24)3)7-10-21-15-22(28)16-26(30)18(21)2/h6-7,10,13,17,20,22-26,28-30H,2,4-5,8-9,11-12,14-16H2,1,3H3/b13-6+,19-7?,21-10-/t17-,22-,23-,24+,25+,26+,27-/m1/s1. The summed E-state index contributed by atoms with van der Waals surface area (Å²) in [6, 6.07) is 0. The van der Waals surface area contributed by atoms with E-state index in [1.54, 1.807) is 0 Å². The molecule has 4 aliphatic rings. The zero-order valence-electron chi connectivity index (χ0n) is 18.8. The van der Waals surface area contributed by atoms with Crippen LogP contribution in [0.1, 0.15) is 71.6 Å². The van der Waals surface area contributed by atoms with Crippen molar-refractivity contribution in [3.8, 4) is 0 Å². The average molecular weight is 413 g/mol. The van der Waals surface area contributed by atoms with Gasteiger partial charge < -0.3 is 15.3 Å². The highest BCUT2D eigenvalue weighted by Crippen LogP contribution is 2.59. The number of rotatable bonds is 5. The second-order valence-corrected chi connectivity index (χ2v) is 10.7. The lowest BCUT2D eigenvalue weighted by atomic mass is 9.61. The molecule has 4 saturated carbocycles. The summed E-state index contributed by atoms with van der Waals surface area (Å²) in [4.78, 5) is 0. The summed E-state index contributed by atoms with van der Waals surface area (Å²) in [7, 11) is 0. The van der Waals surface area contributed by atoms with Crippen LogP contribution >= 0.6 is 0 Å². The maximum Gasteiger partial charge on any atom is 0.0811 e. The van der Waals surface area contributed by atoms with Crippen molar-refractivity contribution in [2.75, 3.05) is 0 Å². The van der Waals surface area contributed by atoms with Crippen molar-refractivity contribution in [2.24, 2.45) is 29.1 Å². The van der Waals surface area contributed by atoms with Crippen LogP contribution in [0, 0.1) is 29.1 Å². The van der Waals surface area contributed by atoms with Crippen LogP contribution in [0.5, 0.6) is 0 Å². The van der Waals surface area contributed by atoms with Crippen LogP contribution in [0.15, 0.2) is 47.6 Å². The molecule has 0 radical (unpaired) electrons. The predicted octanol–water partition coefficient (Wildman–Crippen LogP) is 5.09. The molecule has 0 amide bonds. The Hall–Kier alpha value is -1.16. The van der Waals surface area contributed by atoms with Crippen LogP contribution in [0.3, 0.4) is 0 Å². The molecule has 4 rings (SSSR count). The van der Waals surface area contributed by atoms with E-state index in [0.717, 1.165) is 17.6 Å². The summed E-state index contributed by atoms with van der Waals surface area (Å²) < 4.78 is 0. The lowest BCUT2D eigenvalue weighted by molar-refractivity contribution is 0.0862. The predicted molar refractivity (Wildman–Crippen MR) is 122 cm³/mol. The molecule has 4 aliphatic carbocycles. The van der Waals surface area contributed by atoms with Crippen molar-refractivity contribution in [2.45, 2.75) is 89.9 Å². The molecule has 166 valence electrons. The van der Waals surface area contributed by atoms with Crippen molar-refractivity contribution in [1.82, 2.24) is 0 Å². The van der Waals surface area contributed by atoms with Crippen molar-refractivity contribution in [3.05, 3.63) is 47.6 Å². The zero-order valence-corrected chi connectivity index (χ0v) is 18.8. The fourth-order valence-corrected chi connectivity index (χ4v) is 6.63. The van der Waals surface area contributed by atoms with Gasteiger partial charge in [-0.25, -0.2) is 0 Å². The Morgan fingerprint density at radius 1 is 1.10 bits per heavy atom. The molecular weight excluding hydrogens is 372 g/mol. The van der Waals surface area contributed by atoms with E-state index in [-0.39, 0.29) is 6.10 Å². The Balaban J connectivity index is 1.48. The molecule has 0 heterocycles. The first-order valence-electron chi connectivity index (χ1n) is 12.1. The Labute approximate surface area is 182 Å². The highest BCUT2D eigenvalue weighted by Gasteiger charge is 2.50. The van der Waals surface area contributed by atoms with Gasteiger partial charge in [-0.15, -0.1) is 0 Å². The van der Waals surface area contributed by atoms with Crippen LogP contribution < -0.4 is 0 Å². The molecule has 3 heteroatoms. The second kappa shape index (κ2) is 8.76. The van der Waals surface area contributed by atoms with Crippen molar-refractivity contribution in [1.29, 1.82) is 0 Å². The maximum atomic E-state index is 10.2. The summed E-state index contributed by atoms with van der Waals surface area (Å²) in [5, 5.41) is 30.4. The van der Waals surface area contributed by atoms with Gasteiger partial charge in [-0.1, -0.05) is 50.3 Å². The van der Waals surface area contributed by atoms with Crippen LogP contribution in [-0.2, 0) is 0 Å². The molecule has 0 aromatic heterocycles. The number of fused-ring (bicyclic) bond motifs is 1. The van der Waals surface area contributed by atoms with Gasteiger partial charge in [0.15, 0.2) is 0 Å². The van der Waals surface area contributed by atoms with Gasteiger partial charge in [-0.3, -0.25) is 0 Å². The van der Waals surface area contributed by atoms with E-state index in [0.29, 0.717) is 41.9 Å². The van der Waals surface area contributed by atoms with Gasteiger partial charge >= 0.3 is 0 Å². The van der Waals surface area contributed by atoms with Crippen molar-refractivity contribution >= 4 is 0 Å². The number of hydrogen-bond donors (Lipinski definition) is 3. The Kier molecular flexibility index (Phi) is 6.44. The summed E-state index contributed by atoms with van der Waals surface area (Å²) in [6.45, 7) is 8.88. The van der Waals surface area contributed by atoms with E-state index in [1.165, 1.54) is 44.1 Å². The van der Waals surface area contributed by atoms with Crippen LogP contribution in [-0.4, -0.2) is 33.6 Å². The average Bonchev–Trinajstić information content (AvgIpc) is 3.49. The number of allylic oxidation sites excluding steroid dienone is 4. The van der Waals surface area contributed by atoms with Crippen LogP contribution in [0.25, 0.3) is 0 Å². The van der Waals surface area contributed by atoms with Gasteiger partial charge in [-0.05, 0) is 91.6 Å². The minimum absolute atomic E-state index is 0.250. The summed E-state index contributed by atoms with van der Waals surface area (Å²) >= 11 is 0. The molecule has 0 unspecified atom stereocenters. The molecule has 0 aromatic rings. The van der Waals surface area contributed by atoms with Gasteiger partial charge in [0.2, 0.25) is 0 Å². The van der Waals surface area contributed by atoms with Crippen LogP contribution in [0.2, 0.25) is 0 Å². The lowest BCUT2D eigenvalue weighted by Gasteiger charge is -2.44. The topological polar surface area (TPSA) is 60.7 Å². The molecule has 3 nitrogen and oxygen atoms in total. The Morgan fingerprint density at radius 3 is 2.60 bits per heavy atom. The van der Waals surface area contributed by atoms with E-state index in [1.807, 2.05) is 0 Å².